The lowest BCUT2D eigenvalue weighted by atomic mass is 10.0. The van der Waals surface area contributed by atoms with Crippen LogP contribution >= 0.6 is 11.6 Å². The number of rotatable bonds is 8. The monoisotopic (exact) mass is 750 g/mol. The van der Waals surface area contributed by atoms with Gasteiger partial charge in [-0.3, -0.25) is 9.52 Å². The van der Waals surface area contributed by atoms with E-state index in [4.69, 9.17) is 21.1 Å². The fraction of sp³-hybridized carbons (Fsp3) is 0.385. The van der Waals surface area contributed by atoms with E-state index in [1.807, 2.05) is 56.3 Å². The molecule has 0 bridgehead atoms. The highest BCUT2D eigenvalue weighted by Gasteiger charge is 2.31. The van der Waals surface area contributed by atoms with Gasteiger partial charge in [0.05, 0.1) is 41.0 Å². The van der Waals surface area contributed by atoms with E-state index in [2.05, 4.69) is 10.0 Å². The number of anilines is 2. The van der Waals surface area contributed by atoms with Gasteiger partial charge in [-0.15, -0.1) is 0 Å². The molecule has 11 nitrogen and oxygen atoms in total. The molecular weight excluding hydrogens is 704 g/mol. The number of carbonyl (C=O) groups is 2. The minimum atomic E-state index is -4.00. The average molecular weight is 751 g/mol. The lowest BCUT2D eigenvalue weighted by Gasteiger charge is -2.35. The minimum Gasteiger partial charge on any atom is -0.490 e. The molecule has 1 aliphatic rings. The van der Waals surface area contributed by atoms with Crippen LogP contribution in [0.2, 0.25) is 5.02 Å². The maximum atomic E-state index is 14.5. The van der Waals surface area contributed by atoms with Crippen LogP contribution in [0.4, 0.5) is 16.2 Å². The number of urea groups is 1. The zero-order valence-corrected chi connectivity index (χ0v) is 31.5. The first kappa shape index (κ1) is 38.9. The molecule has 4 aromatic carbocycles. The number of aliphatic hydroxyl groups is 1. The Kier molecular flexibility index (Phi) is 13.0. The van der Waals surface area contributed by atoms with Gasteiger partial charge in [-0.2, -0.15) is 0 Å². The Bertz CT molecular complexity index is 1950. The first-order valence-electron chi connectivity index (χ1n) is 17.5. The summed E-state index contributed by atoms with van der Waals surface area (Å²) in [6, 6.07) is 23.1. The highest BCUT2D eigenvalue weighted by atomic mass is 35.5. The maximum absolute atomic E-state index is 14.5. The number of likely N-dealkylation sites (N-methyl/N-ethyl adjacent to an activating group) is 1. The highest BCUT2D eigenvalue weighted by molar-refractivity contribution is 7.92. The van der Waals surface area contributed by atoms with Crippen LogP contribution in [-0.4, -0.2) is 86.9 Å². The van der Waals surface area contributed by atoms with Crippen LogP contribution in [0, 0.1) is 5.92 Å². The van der Waals surface area contributed by atoms with Gasteiger partial charge in [0, 0.05) is 48.8 Å². The zero-order chi connectivity index (χ0) is 37.4. The molecule has 1 aliphatic heterocycles. The van der Waals surface area contributed by atoms with E-state index in [0.29, 0.717) is 29.5 Å². The van der Waals surface area contributed by atoms with E-state index in [9.17, 15) is 23.1 Å². The van der Waals surface area contributed by atoms with Crippen molar-refractivity contribution in [2.45, 2.75) is 63.2 Å². The van der Waals surface area contributed by atoms with E-state index in [-0.39, 0.29) is 53.9 Å². The van der Waals surface area contributed by atoms with Gasteiger partial charge in [-0.05, 0) is 87.0 Å². The number of hydrogen-bond donors (Lipinski definition) is 3. The number of amides is 3. The standard InChI is InChI=1S/C39H47ClN4O7S/c1-26-23-44(27(2)25-45)38(46)34-22-31(42-52(48,49)32-18-15-30(40)16-19-32)17-20-36(34)51-28(3)10-7-8-21-50-37(26)24-43(4)39(47)41-35-14-9-12-29-11-5-6-13-33(29)35/h5-6,9,11-20,22,26-28,37,42,45H,7-8,10,21,23-25H2,1-4H3,(H,41,47)/t26-,27-,28-,37-/m1/s1. The Morgan fingerprint density at radius 1 is 1.04 bits per heavy atom. The first-order valence-corrected chi connectivity index (χ1v) is 19.3. The van der Waals surface area contributed by atoms with Crippen LogP contribution < -0.4 is 14.8 Å². The minimum absolute atomic E-state index is 0.0133. The first-order chi connectivity index (χ1) is 24.9. The SMILES string of the molecule is C[C@@H]1CCCCO[C@H](CN(C)C(=O)Nc2cccc3ccccc23)[C@H](C)CN([C@H](C)CO)C(=O)c2cc(NS(=O)(=O)c3ccc(Cl)cc3)ccc2O1. The van der Waals surface area contributed by atoms with Gasteiger partial charge < -0.3 is 29.7 Å². The van der Waals surface area contributed by atoms with Crippen molar-refractivity contribution in [1.82, 2.24) is 9.80 Å². The van der Waals surface area contributed by atoms with Crippen LogP contribution in [0.25, 0.3) is 10.8 Å². The predicted octanol–water partition coefficient (Wildman–Crippen LogP) is 7.25. The van der Waals surface area contributed by atoms with Crippen molar-refractivity contribution in [2.75, 3.05) is 43.4 Å². The number of nitrogens with zero attached hydrogens (tertiary/aromatic N) is 2. The van der Waals surface area contributed by atoms with Crippen LogP contribution in [0.15, 0.2) is 89.8 Å². The van der Waals surface area contributed by atoms with Gasteiger partial charge >= 0.3 is 6.03 Å². The third kappa shape index (κ3) is 9.74. The Labute approximate surface area is 310 Å². The molecule has 0 unspecified atom stereocenters. The molecule has 278 valence electrons. The molecule has 0 fully saturated rings. The van der Waals surface area contributed by atoms with Crippen molar-refractivity contribution in [3.8, 4) is 5.75 Å². The summed E-state index contributed by atoms with van der Waals surface area (Å²) in [6.45, 7) is 6.18. The maximum Gasteiger partial charge on any atom is 0.321 e. The van der Waals surface area contributed by atoms with Crippen molar-refractivity contribution in [3.63, 3.8) is 0 Å². The number of carbonyl (C=O) groups excluding carboxylic acids is 2. The molecule has 13 heteroatoms. The molecule has 0 aliphatic carbocycles. The van der Waals surface area contributed by atoms with Crippen molar-refractivity contribution < 1.29 is 32.6 Å². The van der Waals surface area contributed by atoms with Gasteiger partial charge in [0.1, 0.15) is 5.75 Å². The van der Waals surface area contributed by atoms with E-state index >= 15 is 0 Å². The molecule has 4 atom stereocenters. The summed E-state index contributed by atoms with van der Waals surface area (Å²) in [5.41, 5.74) is 1.02. The van der Waals surface area contributed by atoms with Gasteiger partial charge in [0.15, 0.2) is 0 Å². The number of ether oxygens (including phenoxy) is 2. The van der Waals surface area contributed by atoms with Crippen molar-refractivity contribution >= 4 is 55.7 Å². The van der Waals surface area contributed by atoms with Gasteiger partial charge in [0.25, 0.3) is 15.9 Å². The summed E-state index contributed by atoms with van der Waals surface area (Å²) in [7, 11) is -2.29. The van der Waals surface area contributed by atoms with E-state index in [1.54, 1.807) is 35.9 Å². The van der Waals surface area contributed by atoms with Gasteiger partial charge in [0.2, 0.25) is 0 Å². The van der Waals surface area contributed by atoms with Gasteiger partial charge in [-0.1, -0.05) is 54.9 Å². The molecule has 0 aromatic heterocycles. The number of benzene rings is 4. The smallest absolute Gasteiger partial charge is 0.321 e. The quantitative estimate of drug-likeness (QED) is 0.173. The molecule has 0 saturated heterocycles. The molecule has 3 N–H and O–H groups in total. The molecule has 0 spiro atoms. The molecule has 4 aromatic rings. The van der Waals surface area contributed by atoms with Crippen LogP contribution in [0.1, 0.15) is 50.4 Å². The summed E-state index contributed by atoms with van der Waals surface area (Å²) in [6.07, 6.45) is 1.55. The van der Waals surface area contributed by atoms with E-state index in [1.165, 1.54) is 30.3 Å². The Morgan fingerprint density at radius 2 is 1.77 bits per heavy atom. The summed E-state index contributed by atoms with van der Waals surface area (Å²) in [4.78, 5) is 31.1. The molecular formula is C39H47ClN4O7S. The average Bonchev–Trinajstić information content (AvgIpc) is 3.12. The highest BCUT2D eigenvalue weighted by Crippen LogP contribution is 2.30. The fourth-order valence-corrected chi connectivity index (χ4v) is 7.35. The second kappa shape index (κ2) is 17.4. The number of aliphatic hydroxyl groups excluding tert-OH is 1. The van der Waals surface area contributed by atoms with Crippen LogP contribution in [-0.2, 0) is 14.8 Å². The Hall–Kier alpha value is -4.36. The Morgan fingerprint density at radius 3 is 2.52 bits per heavy atom. The van der Waals surface area contributed by atoms with Crippen molar-refractivity contribution in [2.24, 2.45) is 5.92 Å². The molecule has 0 saturated carbocycles. The largest absolute Gasteiger partial charge is 0.490 e. The van der Waals surface area contributed by atoms with Gasteiger partial charge in [-0.25, -0.2) is 13.2 Å². The topological polar surface area (TPSA) is 138 Å². The number of hydrogen-bond acceptors (Lipinski definition) is 7. The normalized spacial score (nSPS) is 19.5. The van der Waals surface area contributed by atoms with Crippen LogP contribution in [0.5, 0.6) is 5.75 Å². The summed E-state index contributed by atoms with van der Waals surface area (Å²) in [5, 5.41) is 15.7. The third-order valence-electron chi connectivity index (χ3n) is 9.26. The number of fused-ring (bicyclic) bond motifs is 2. The zero-order valence-electron chi connectivity index (χ0n) is 29.9. The molecule has 1 heterocycles. The molecule has 52 heavy (non-hydrogen) atoms. The molecule has 3 amide bonds. The summed E-state index contributed by atoms with van der Waals surface area (Å²) in [5.74, 6) is -0.408. The Balaban J connectivity index is 1.40. The lowest BCUT2D eigenvalue weighted by Crippen LogP contribution is -2.48. The second-order valence-electron chi connectivity index (χ2n) is 13.4. The predicted molar refractivity (Wildman–Crippen MR) is 205 cm³/mol. The van der Waals surface area contributed by atoms with Crippen molar-refractivity contribution in [3.05, 3.63) is 95.5 Å². The second-order valence-corrected chi connectivity index (χ2v) is 15.5. The number of nitrogens with one attached hydrogen (secondary N) is 2. The van der Waals surface area contributed by atoms with Crippen molar-refractivity contribution in [1.29, 1.82) is 0 Å². The number of sulfonamides is 1. The number of halogens is 1. The fourth-order valence-electron chi connectivity index (χ4n) is 6.17. The van der Waals surface area contributed by atoms with E-state index in [0.717, 1.165) is 23.6 Å². The summed E-state index contributed by atoms with van der Waals surface area (Å²) >= 11 is 5.96. The lowest BCUT2D eigenvalue weighted by molar-refractivity contribution is -0.0115. The third-order valence-corrected chi connectivity index (χ3v) is 10.9. The molecule has 0 radical (unpaired) electrons. The van der Waals surface area contributed by atoms with E-state index < -0.39 is 28.1 Å². The van der Waals surface area contributed by atoms with Crippen LogP contribution in [0.3, 0.4) is 0 Å². The molecule has 5 rings (SSSR count). The summed E-state index contributed by atoms with van der Waals surface area (Å²) < 4.78 is 41.7.